The van der Waals surface area contributed by atoms with Crippen molar-refractivity contribution in [3.63, 3.8) is 0 Å². The predicted molar refractivity (Wildman–Crippen MR) is 227 cm³/mol. The fraction of sp³-hybridized carbons (Fsp3) is 0.211. The molecule has 2 N–H and O–H groups in total. The van der Waals surface area contributed by atoms with Gasteiger partial charge in [-0.05, 0) is 111 Å². The number of aryl methyl sites for hydroxylation is 1. The van der Waals surface area contributed by atoms with Crippen LogP contribution in [-0.4, -0.2) is 56.6 Å². The molecule has 6 rings (SSSR count). The predicted octanol–water partition coefficient (Wildman–Crippen LogP) is 10.1. The zero-order chi connectivity index (χ0) is 40.9. The molecule has 0 saturated carbocycles. The molecule has 0 amide bonds. The minimum Gasteiger partial charge on any atom is -0.324 e. The fourth-order valence-corrected chi connectivity index (χ4v) is 7.41. The average Bonchev–Trinajstić information content (AvgIpc) is 3.14. The molecule has 4 aromatic carbocycles. The van der Waals surface area contributed by atoms with Gasteiger partial charge in [0.15, 0.2) is 5.16 Å². The van der Waals surface area contributed by atoms with E-state index in [1.807, 2.05) is 24.3 Å². The summed E-state index contributed by atoms with van der Waals surface area (Å²) < 4.78 is 62.4. The third-order valence-corrected chi connectivity index (χ3v) is 12.0. The Morgan fingerprint density at radius 2 is 1.21 bits per heavy atom. The number of alkyl halides is 3. The molecule has 0 bridgehead atoms. The summed E-state index contributed by atoms with van der Waals surface area (Å²) in [5.74, 6) is 1.82. The molecule has 0 saturated heterocycles. The molecule has 0 fully saturated rings. The van der Waals surface area contributed by atoms with Crippen LogP contribution >= 0.6 is 50.3 Å². The van der Waals surface area contributed by atoms with Crippen molar-refractivity contribution in [2.24, 2.45) is 0 Å². The van der Waals surface area contributed by atoms with E-state index < -0.39 is 26.0 Å². The molecule has 2 aromatic heterocycles. The molecule has 0 aliphatic rings. The monoisotopic (exact) mass is 858 g/mol. The van der Waals surface area contributed by atoms with E-state index in [9.17, 15) is 22.3 Å². The number of hydrogen-bond acceptors (Lipinski definition) is 12. The molecule has 6 aromatic rings. The van der Waals surface area contributed by atoms with Gasteiger partial charge in [0.05, 0.1) is 5.56 Å². The maximum absolute atomic E-state index is 12.8. The largest absolute Gasteiger partial charge is 0.416 e. The minimum atomic E-state index is -4.37. The van der Waals surface area contributed by atoms with Crippen LogP contribution in [0.25, 0.3) is 0 Å². The highest BCUT2D eigenvalue weighted by Gasteiger charge is 2.30. The molecular weight excluding hydrogens is 819 g/mol. The summed E-state index contributed by atoms with van der Waals surface area (Å²) in [6.45, 7) is 8.97. The number of aromatic nitrogens is 6. The highest BCUT2D eigenvalue weighted by molar-refractivity contribution is 7.98. The first-order chi connectivity index (χ1) is 26.4. The van der Waals surface area contributed by atoms with E-state index in [0.29, 0.717) is 28.4 Å². The Bertz CT molecular complexity index is 2300. The van der Waals surface area contributed by atoms with E-state index in [1.54, 1.807) is 57.0 Å². The van der Waals surface area contributed by atoms with Crippen molar-refractivity contribution in [3.05, 3.63) is 137 Å². The van der Waals surface area contributed by atoms with Gasteiger partial charge in [-0.25, -0.2) is 19.9 Å². The van der Waals surface area contributed by atoms with E-state index in [0.717, 1.165) is 39.9 Å². The number of hydrogen-bond donors (Lipinski definition) is 3. The van der Waals surface area contributed by atoms with E-state index in [4.69, 9.17) is 11.6 Å². The molecule has 0 atom stereocenters. The third-order valence-electron chi connectivity index (χ3n) is 7.47. The van der Waals surface area contributed by atoms with Gasteiger partial charge in [0.1, 0.15) is 26.9 Å². The first kappa shape index (κ1) is 44.5. The second-order valence-electron chi connectivity index (χ2n) is 12.8. The minimum absolute atomic E-state index is 0.135. The molecule has 0 radical (unpaired) electrons. The van der Waals surface area contributed by atoms with Gasteiger partial charge in [-0.3, -0.25) is 0 Å². The fourth-order valence-electron chi connectivity index (χ4n) is 4.61. The van der Waals surface area contributed by atoms with Gasteiger partial charge in [0, 0.05) is 33.5 Å². The van der Waals surface area contributed by atoms with Crippen molar-refractivity contribution in [1.82, 2.24) is 29.9 Å². The van der Waals surface area contributed by atoms with Gasteiger partial charge in [0.25, 0.3) is 0 Å². The second-order valence-corrected chi connectivity index (χ2v) is 20.9. The summed E-state index contributed by atoms with van der Waals surface area (Å²) in [5, 5.41) is 8.16. The van der Waals surface area contributed by atoms with E-state index in [1.165, 1.54) is 41.6 Å². The Balaban J connectivity index is 0.000000217. The lowest BCUT2D eigenvalue weighted by atomic mass is 10.1. The van der Waals surface area contributed by atoms with E-state index in [2.05, 4.69) is 84.4 Å². The number of thioether (sulfide) groups is 1. The Morgan fingerprint density at radius 1 is 0.696 bits per heavy atom. The second kappa shape index (κ2) is 20.2. The lowest BCUT2D eigenvalue weighted by molar-refractivity contribution is -0.137. The highest BCUT2D eigenvalue weighted by atomic mass is 35.5. The zero-order valence-corrected chi connectivity index (χ0v) is 35.3. The quantitative estimate of drug-likeness (QED) is 0.0690. The van der Waals surface area contributed by atoms with Crippen molar-refractivity contribution < 1.29 is 22.3 Å². The number of halogens is 4. The van der Waals surface area contributed by atoms with Crippen LogP contribution in [-0.2, 0) is 26.8 Å². The Morgan fingerprint density at radius 3 is 1.70 bits per heavy atom. The Kier molecular flexibility index (Phi) is 16.1. The van der Waals surface area contributed by atoms with Gasteiger partial charge in [0.2, 0.25) is 17.2 Å². The van der Waals surface area contributed by atoms with E-state index >= 15 is 0 Å². The normalized spacial score (nSPS) is 11.4. The van der Waals surface area contributed by atoms with Crippen LogP contribution in [0.5, 0.6) is 0 Å². The van der Waals surface area contributed by atoms with Crippen LogP contribution in [0.15, 0.2) is 115 Å². The van der Waals surface area contributed by atoms with Gasteiger partial charge in [-0.2, -0.15) is 35.8 Å². The highest BCUT2D eigenvalue weighted by Crippen LogP contribution is 2.36. The molecule has 0 unspecified atom stereocenters. The van der Waals surface area contributed by atoms with Crippen molar-refractivity contribution in [3.8, 4) is 0 Å². The van der Waals surface area contributed by atoms with Crippen LogP contribution in [0.1, 0.15) is 22.3 Å². The summed E-state index contributed by atoms with van der Waals surface area (Å²) in [5.41, 5.74) is 3.97. The maximum Gasteiger partial charge on any atom is 0.416 e. The Labute approximate surface area is 339 Å². The van der Waals surface area contributed by atoms with Crippen molar-refractivity contribution in [2.75, 3.05) is 37.3 Å². The molecule has 0 spiro atoms. The number of benzene rings is 4. The zero-order valence-electron chi connectivity index (χ0n) is 31.1. The Hall–Kier alpha value is -4.26. The molecule has 0 aliphatic heterocycles. The average molecular weight is 859 g/mol. The summed E-state index contributed by atoms with van der Waals surface area (Å²) >= 11 is 11.0. The standard InChI is InChI=1S/C19H18F3N4OPS.C11H12ClN4OP.C8H10S/c1-28(2,27)16-8-6-15(7-9-16)25-17-23-12-24-18(26-17)29-11-13-4-3-5-14(10-13)19(20,21)22;1-18(2,17)9-5-3-8(4-6-9)15-11-14-7-13-10(12)16-11;1-7-3-2-4-8(5-7)6-9/h3-10,12H,11H2,1-2H3,(H,23,24,25,26);3-7H,1-2H3,(H,13,14,15,16);2-5,9H,6H2,1H3. The van der Waals surface area contributed by atoms with Gasteiger partial charge in [-0.15, -0.1) is 0 Å². The number of anilines is 4. The van der Waals surface area contributed by atoms with E-state index in [-0.39, 0.29) is 5.28 Å². The molecule has 10 nitrogen and oxygen atoms in total. The number of rotatable bonds is 10. The summed E-state index contributed by atoms with van der Waals surface area (Å²) in [4.78, 5) is 23.9. The summed E-state index contributed by atoms with van der Waals surface area (Å²) in [7, 11) is -4.54. The molecular formula is C38H40ClF3N8O2P2S2. The number of nitrogens with zero attached hydrogens (tertiary/aromatic N) is 6. The lowest BCUT2D eigenvalue weighted by Gasteiger charge is -2.10. The topological polar surface area (TPSA) is 136 Å². The SMILES string of the molecule is CP(C)(=O)c1ccc(Nc2ncnc(Cl)n2)cc1.CP(C)(=O)c1ccc(Nc2ncnc(SCc3cccc(C(F)(F)F)c3)n2)cc1.Cc1cccc(CS)c1. The summed E-state index contributed by atoms with van der Waals surface area (Å²) in [6, 6.07) is 28.0. The van der Waals surface area contributed by atoms with Gasteiger partial charge in [-0.1, -0.05) is 59.8 Å². The van der Waals surface area contributed by atoms with Crippen LogP contribution in [0.2, 0.25) is 5.28 Å². The molecule has 18 heteroatoms. The van der Waals surface area contributed by atoms with Crippen molar-refractivity contribution in [1.29, 1.82) is 0 Å². The molecule has 56 heavy (non-hydrogen) atoms. The first-order valence-electron chi connectivity index (χ1n) is 16.7. The van der Waals surface area contributed by atoms with Gasteiger partial charge < -0.3 is 19.8 Å². The van der Waals surface area contributed by atoms with Crippen molar-refractivity contribution >= 4 is 84.2 Å². The smallest absolute Gasteiger partial charge is 0.324 e. The third kappa shape index (κ3) is 15.0. The van der Waals surface area contributed by atoms with Crippen molar-refractivity contribution in [2.45, 2.75) is 29.8 Å². The van der Waals surface area contributed by atoms with Gasteiger partial charge >= 0.3 is 6.18 Å². The first-order valence-corrected chi connectivity index (χ1v) is 23.9. The molecule has 294 valence electrons. The molecule has 2 heterocycles. The summed E-state index contributed by atoms with van der Waals surface area (Å²) in [6.07, 6.45) is -1.70. The van der Waals surface area contributed by atoms with Crippen LogP contribution < -0.4 is 21.2 Å². The number of thiol groups is 1. The lowest BCUT2D eigenvalue weighted by Crippen LogP contribution is -2.05. The van der Waals surface area contributed by atoms with Crippen LogP contribution in [0, 0.1) is 6.92 Å². The van der Waals surface area contributed by atoms with Crippen LogP contribution in [0.4, 0.5) is 36.4 Å². The maximum atomic E-state index is 12.8. The number of nitrogens with one attached hydrogen (secondary N) is 2. The van der Waals surface area contributed by atoms with Crippen LogP contribution in [0.3, 0.4) is 0 Å². The molecule has 0 aliphatic carbocycles.